The molecule has 27 heavy (non-hydrogen) atoms. The summed E-state index contributed by atoms with van der Waals surface area (Å²) in [4.78, 5) is 0. The van der Waals surface area contributed by atoms with Crippen LogP contribution in [0.1, 0.15) is 17.5 Å². The van der Waals surface area contributed by atoms with Gasteiger partial charge in [-0.25, -0.2) is 0 Å². The predicted octanol–water partition coefficient (Wildman–Crippen LogP) is 5.06. The molecule has 2 aromatic rings. The minimum Gasteiger partial charge on any atom is -0.493 e. The molecule has 0 radical (unpaired) electrons. The van der Waals surface area contributed by atoms with Gasteiger partial charge in [0.25, 0.3) is 0 Å². The highest BCUT2D eigenvalue weighted by Crippen LogP contribution is 2.38. The molecule has 0 unspecified atom stereocenters. The van der Waals surface area contributed by atoms with Crippen molar-refractivity contribution < 1.29 is 23.7 Å². The highest BCUT2D eigenvalue weighted by atomic mass is 79.9. The molecule has 0 amide bonds. The van der Waals surface area contributed by atoms with Gasteiger partial charge < -0.3 is 23.7 Å². The normalized spacial score (nSPS) is 10.7. The van der Waals surface area contributed by atoms with Crippen molar-refractivity contribution >= 4 is 28.1 Å². The molecular formula is C21H25BrO5. The van der Waals surface area contributed by atoms with Gasteiger partial charge in [0.05, 0.1) is 35.0 Å². The van der Waals surface area contributed by atoms with Crippen molar-refractivity contribution in [2.45, 2.75) is 6.42 Å². The van der Waals surface area contributed by atoms with Crippen LogP contribution in [-0.2, 0) is 0 Å². The fraction of sp³-hybridized carbons (Fsp3) is 0.333. The Morgan fingerprint density at radius 3 is 1.89 bits per heavy atom. The van der Waals surface area contributed by atoms with Gasteiger partial charge in [-0.05, 0) is 41.8 Å². The van der Waals surface area contributed by atoms with Crippen LogP contribution >= 0.6 is 15.9 Å². The molecule has 0 aromatic heterocycles. The Bertz CT molecular complexity index is 748. The number of hydrogen-bond donors (Lipinski definition) is 0. The Labute approximate surface area is 169 Å². The molecule has 0 heterocycles. The zero-order valence-electron chi connectivity index (χ0n) is 16.1. The third kappa shape index (κ3) is 5.57. The van der Waals surface area contributed by atoms with Crippen LogP contribution in [0.15, 0.2) is 30.3 Å². The maximum absolute atomic E-state index is 5.82. The monoisotopic (exact) mass is 436 g/mol. The summed E-state index contributed by atoms with van der Waals surface area (Å²) in [6.07, 6.45) is 4.90. The Hall–Kier alpha value is -2.34. The van der Waals surface area contributed by atoms with E-state index in [2.05, 4.69) is 15.9 Å². The zero-order valence-corrected chi connectivity index (χ0v) is 17.7. The highest BCUT2D eigenvalue weighted by molar-refractivity contribution is 9.09. The summed E-state index contributed by atoms with van der Waals surface area (Å²) < 4.78 is 27.3. The summed E-state index contributed by atoms with van der Waals surface area (Å²) in [6.45, 7) is 0.627. The molecule has 5 nitrogen and oxygen atoms in total. The Balaban J connectivity index is 2.28. The van der Waals surface area contributed by atoms with Crippen LogP contribution in [0, 0.1) is 0 Å². The molecule has 0 N–H and O–H groups in total. The first-order chi connectivity index (χ1) is 13.2. The second-order valence-corrected chi connectivity index (χ2v) is 6.39. The topological polar surface area (TPSA) is 46.2 Å². The smallest absolute Gasteiger partial charge is 0.203 e. The number of ether oxygens (including phenoxy) is 5. The van der Waals surface area contributed by atoms with Crippen LogP contribution in [0.2, 0.25) is 0 Å². The van der Waals surface area contributed by atoms with E-state index in [4.69, 9.17) is 23.7 Å². The van der Waals surface area contributed by atoms with Gasteiger partial charge in [0, 0.05) is 5.33 Å². The van der Waals surface area contributed by atoms with E-state index in [-0.39, 0.29) is 0 Å². The van der Waals surface area contributed by atoms with Crippen LogP contribution in [0.25, 0.3) is 12.2 Å². The molecule has 0 saturated carbocycles. The molecule has 0 bridgehead atoms. The van der Waals surface area contributed by atoms with E-state index in [0.717, 1.165) is 34.4 Å². The third-order valence-electron chi connectivity index (χ3n) is 3.88. The van der Waals surface area contributed by atoms with Crippen molar-refractivity contribution in [3.05, 3.63) is 41.5 Å². The number of halogens is 1. The first-order valence-corrected chi connectivity index (χ1v) is 9.63. The molecule has 0 atom stereocenters. The fourth-order valence-corrected chi connectivity index (χ4v) is 2.77. The summed E-state index contributed by atoms with van der Waals surface area (Å²) in [6, 6.07) is 9.63. The van der Waals surface area contributed by atoms with E-state index in [0.29, 0.717) is 23.9 Å². The van der Waals surface area contributed by atoms with Gasteiger partial charge in [0.1, 0.15) is 0 Å². The van der Waals surface area contributed by atoms with E-state index in [9.17, 15) is 0 Å². The third-order valence-corrected chi connectivity index (χ3v) is 4.44. The van der Waals surface area contributed by atoms with Crippen molar-refractivity contribution in [1.29, 1.82) is 0 Å². The summed E-state index contributed by atoms with van der Waals surface area (Å²) in [7, 11) is 6.43. The molecular weight excluding hydrogens is 412 g/mol. The average Bonchev–Trinajstić information content (AvgIpc) is 2.71. The summed E-state index contributed by atoms with van der Waals surface area (Å²) in [5.74, 6) is 3.25. The molecule has 0 aliphatic rings. The first-order valence-electron chi connectivity index (χ1n) is 8.51. The molecule has 0 aliphatic heterocycles. The number of hydrogen-bond acceptors (Lipinski definition) is 5. The van der Waals surface area contributed by atoms with Gasteiger partial charge in [-0.15, -0.1) is 0 Å². The fourth-order valence-electron chi connectivity index (χ4n) is 2.54. The standard InChI is InChI=1S/C21H25BrO5/c1-23-17-9-8-15(12-18(17)27-11-5-10-22)6-7-16-13-19(24-2)21(26-4)20(14-16)25-3/h6-9,12-14H,5,10-11H2,1-4H3/b7-6-. The summed E-state index contributed by atoms with van der Waals surface area (Å²) in [5.41, 5.74) is 1.93. The lowest BCUT2D eigenvalue weighted by Gasteiger charge is -2.13. The van der Waals surface area contributed by atoms with E-state index in [1.807, 2.05) is 42.5 Å². The van der Waals surface area contributed by atoms with Gasteiger partial charge in [-0.3, -0.25) is 0 Å². The Morgan fingerprint density at radius 2 is 1.33 bits per heavy atom. The van der Waals surface area contributed by atoms with E-state index >= 15 is 0 Å². The molecule has 0 saturated heterocycles. The first kappa shape index (κ1) is 21.0. The minimum absolute atomic E-state index is 0.573. The zero-order chi connectivity index (χ0) is 19.6. The molecule has 0 fully saturated rings. The number of alkyl halides is 1. The number of benzene rings is 2. The van der Waals surface area contributed by atoms with Crippen molar-refractivity contribution in [2.24, 2.45) is 0 Å². The molecule has 146 valence electrons. The van der Waals surface area contributed by atoms with Crippen LogP contribution < -0.4 is 23.7 Å². The summed E-state index contributed by atoms with van der Waals surface area (Å²) >= 11 is 3.41. The lowest BCUT2D eigenvalue weighted by Crippen LogP contribution is -2.00. The second kappa shape index (κ2) is 10.7. The lowest BCUT2D eigenvalue weighted by atomic mass is 10.1. The number of rotatable bonds is 10. The lowest BCUT2D eigenvalue weighted by molar-refractivity contribution is 0.295. The summed E-state index contributed by atoms with van der Waals surface area (Å²) in [5, 5.41) is 0.899. The van der Waals surface area contributed by atoms with Crippen molar-refractivity contribution in [3.8, 4) is 28.7 Å². The highest BCUT2D eigenvalue weighted by Gasteiger charge is 2.12. The Morgan fingerprint density at radius 1 is 0.741 bits per heavy atom. The molecule has 0 aliphatic carbocycles. The van der Waals surface area contributed by atoms with Crippen LogP contribution in [0.3, 0.4) is 0 Å². The van der Waals surface area contributed by atoms with Crippen LogP contribution in [-0.4, -0.2) is 40.4 Å². The Kier molecular flexibility index (Phi) is 8.33. The minimum atomic E-state index is 0.573. The molecule has 2 rings (SSSR count). The molecule has 0 spiro atoms. The maximum atomic E-state index is 5.82. The average molecular weight is 437 g/mol. The van der Waals surface area contributed by atoms with Crippen molar-refractivity contribution in [2.75, 3.05) is 40.4 Å². The van der Waals surface area contributed by atoms with E-state index < -0.39 is 0 Å². The second-order valence-electron chi connectivity index (χ2n) is 5.59. The quantitative estimate of drug-likeness (QED) is 0.296. The molecule has 6 heteroatoms. The predicted molar refractivity (Wildman–Crippen MR) is 112 cm³/mol. The van der Waals surface area contributed by atoms with Gasteiger partial charge in [-0.2, -0.15) is 0 Å². The van der Waals surface area contributed by atoms with Gasteiger partial charge in [0.15, 0.2) is 23.0 Å². The molecule has 2 aromatic carbocycles. The number of methoxy groups -OCH3 is 4. The van der Waals surface area contributed by atoms with Gasteiger partial charge in [0.2, 0.25) is 5.75 Å². The maximum Gasteiger partial charge on any atom is 0.203 e. The van der Waals surface area contributed by atoms with Crippen LogP contribution in [0.5, 0.6) is 28.7 Å². The van der Waals surface area contributed by atoms with Crippen LogP contribution in [0.4, 0.5) is 0 Å². The van der Waals surface area contributed by atoms with Gasteiger partial charge in [-0.1, -0.05) is 34.1 Å². The largest absolute Gasteiger partial charge is 0.493 e. The van der Waals surface area contributed by atoms with Crippen molar-refractivity contribution in [3.63, 3.8) is 0 Å². The van der Waals surface area contributed by atoms with E-state index in [1.54, 1.807) is 28.4 Å². The van der Waals surface area contributed by atoms with Crippen molar-refractivity contribution in [1.82, 2.24) is 0 Å². The van der Waals surface area contributed by atoms with Gasteiger partial charge >= 0.3 is 0 Å². The SMILES string of the molecule is COc1ccc(/C=C\c2cc(OC)c(OC)c(OC)c2)cc1OCCCBr. The van der Waals surface area contributed by atoms with E-state index in [1.165, 1.54) is 0 Å².